The van der Waals surface area contributed by atoms with Gasteiger partial charge in [-0.15, -0.1) is 0 Å². The lowest BCUT2D eigenvalue weighted by Gasteiger charge is -2.12. The molecule has 0 fully saturated rings. The molecule has 0 aliphatic carbocycles. The number of nitrogens with zero attached hydrogens (tertiary/aromatic N) is 2. The fourth-order valence-electron chi connectivity index (χ4n) is 2.93. The van der Waals surface area contributed by atoms with Gasteiger partial charge in [-0.1, -0.05) is 6.07 Å². The van der Waals surface area contributed by atoms with Crippen molar-refractivity contribution in [3.8, 4) is 16.9 Å². The van der Waals surface area contributed by atoms with Crippen molar-refractivity contribution in [3.05, 3.63) is 66.5 Å². The van der Waals surface area contributed by atoms with E-state index in [0.29, 0.717) is 18.8 Å². The molecule has 0 radical (unpaired) electrons. The average Bonchev–Trinajstić information content (AvgIpc) is 3.30. The maximum absolute atomic E-state index is 6.11. The smallest absolute Gasteiger partial charge is 0.138 e. The Balaban J connectivity index is 1.48. The molecule has 1 aromatic carbocycles. The number of nitrogens with two attached hydrogens (primary N) is 1. The molecule has 26 heavy (non-hydrogen) atoms. The van der Waals surface area contributed by atoms with Gasteiger partial charge >= 0.3 is 0 Å². The molecule has 6 nitrogen and oxygen atoms in total. The van der Waals surface area contributed by atoms with Gasteiger partial charge in [0, 0.05) is 29.6 Å². The molecule has 4 aromatic rings. The summed E-state index contributed by atoms with van der Waals surface area (Å²) in [5.41, 5.74) is 10.2. The quantitative estimate of drug-likeness (QED) is 0.557. The third kappa shape index (κ3) is 3.45. The third-order valence-electron chi connectivity index (χ3n) is 4.31. The lowest BCUT2D eigenvalue weighted by molar-refractivity contribution is 0.281. The van der Waals surface area contributed by atoms with E-state index in [1.165, 1.54) is 0 Å². The number of rotatable bonds is 6. The van der Waals surface area contributed by atoms with Crippen LogP contribution in [0.4, 0.5) is 0 Å². The van der Waals surface area contributed by atoms with E-state index in [1.807, 2.05) is 43.5 Å². The molecule has 0 amide bonds. The van der Waals surface area contributed by atoms with Crippen molar-refractivity contribution in [1.29, 1.82) is 0 Å². The molecule has 132 valence electrons. The van der Waals surface area contributed by atoms with Crippen LogP contribution in [-0.4, -0.2) is 27.8 Å². The van der Waals surface area contributed by atoms with Gasteiger partial charge in [0.25, 0.3) is 0 Å². The first kappa shape index (κ1) is 16.4. The lowest BCUT2D eigenvalue weighted by atomic mass is 10.0. The molecule has 0 unspecified atom stereocenters. The Morgan fingerprint density at radius 1 is 1.19 bits per heavy atom. The molecule has 3 heterocycles. The van der Waals surface area contributed by atoms with Crippen molar-refractivity contribution in [2.45, 2.75) is 19.4 Å². The fourth-order valence-corrected chi connectivity index (χ4v) is 2.93. The zero-order valence-corrected chi connectivity index (χ0v) is 14.5. The molecular formula is C20H20N4O2. The molecule has 1 atom stereocenters. The van der Waals surface area contributed by atoms with Crippen LogP contribution >= 0.6 is 0 Å². The summed E-state index contributed by atoms with van der Waals surface area (Å²) in [5, 5.41) is 8.36. The second kappa shape index (κ2) is 7.01. The molecule has 6 heteroatoms. The first-order chi connectivity index (χ1) is 12.7. The van der Waals surface area contributed by atoms with Gasteiger partial charge in [-0.3, -0.25) is 10.1 Å². The standard InChI is InChI=1S/C20H20N4O2/c1-13-19-8-14(4-5-20(19)24-23-13)15-7-18(11-22-10-15)26-12-16(21)9-17-3-2-6-25-17/h2-8,10-11,16H,9,12,21H2,1H3,(H,23,24)/t16-/m0/s1. The summed E-state index contributed by atoms with van der Waals surface area (Å²) in [7, 11) is 0. The summed E-state index contributed by atoms with van der Waals surface area (Å²) < 4.78 is 11.1. The molecule has 0 saturated carbocycles. The largest absolute Gasteiger partial charge is 0.490 e. The highest BCUT2D eigenvalue weighted by Crippen LogP contribution is 2.27. The average molecular weight is 348 g/mol. The summed E-state index contributed by atoms with van der Waals surface area (Å²) in [6.07, 6.45) is 5.81. The Morgan fingerprint density at radius 2 is 2.12 bits per heavy atom. The first-order valence-corrected chi connectivity index (χ1v) is 8.50. The Morgan fingerprint density at radius 3 is 2.96 bits per heavy atom. The molecule has 0 aliphatic rings. The summed E-state index contributed by atoms with van der Waals surface area (Å²) >= 11 is 0. The van der Waals surface area contributed by atoms with Crippen LogP contribution in [0.3, 0.4) is 0 Å². The SMILES string of the molecule is Cc1n[nH]c2ccc(-c3cncc(OC[C@@H](N)Cc4ccco4)c3)cc12. The van der Waals surface area contributed by atoms with Crippen molar-refractivity contribution in [2.75, 3.05) is 6.61 Å². The van der Waals surface area contributed by atoms with Gasteiger partial charge in [-0.2, -0.15) is 5.10 Å². The minimum absolute atomic E-state index is 0.144. The van der Waals surface area contributed by atoms with Crippen LogP contribution in [0.25, 0.3) is 22.0 Å². The van der Waals surface area contributed by atoms with Crippen molar-refractivity contribution >= 4 is 10.9 Å². The Kier molecular flexibility index (Phi) is 4.41. The molecule has 0 aliphatic heterocycles. The zero-order valence-electron chi connectivity index (χ0n) is 14.5. The summed E-state index contributed by atoms with van der Waals surface area (Å²) in [6, 6.07) is 11.8. The summed E-state index contributed by atoms with van der Waals surface area (Å²) in [5.74, 6) is 1.55. The van der Waals surface area contributed by atoms with Crippen LogP contribution in [0.2, 0.25) is 0 Å². The highest BCUT2D eigenvalue weighted by atomic mass is 16.5. The Labute approximate surface area is 151 Å². The number of hydrogen-bond acceptors (Lipinski definition) is 5. The topological polar surface area (TPSA) is 90.0 Å². The van der Waals surface area contributed by atoms with E-state index in [2.05, 4.69) is 21.2 Å². The number of aromatic nitrogens is 3. The second-order valence-corrected chi connectivity index (χ2v) is 6.33. The number of furan rings is 1. The van der Waals surface area contributed by atoms with E-state index in [-0.39, 0.29) is 6.04 Å². The van der Waals surface area contributed by atoms with Crippen molar-refractivity contribution in [2.24, 2.45) is 5.73 Å². The molecular weight excluding hydrogens is 328 g/mol. The van der Waals surface area contributed by atoms with Gasteiger partial charge in [0.2, 0.25) is 0 Å². The number of aryl methyl sites for hydroxylation is 1. The van der Waals surface area contributed by atoms with Crippen LogP contribution in [0.1, 0.15) is 11.5 Å². The minimum Gasteiger partial charge on any atom is -0.490 e. The predicted octanol–water partition coefficient (Wildman–Crippen LogP) is 3.48. The Hall–Kier alpha value is -3.12. The normalized spacial score (nSPS) is 12.4. The van der Waals surface area contributed by atoms with E-state index >= 15 is 0 Å². The van der Waals surface area contributed by atoms with Gasteiger partial charge in [0.15, 0.2) is 0 Å². The zero-order chi connectivity index (χ0) is 17.9. The number of nitrogens with one attached hydrogen (secondary N) is 1. The molecule has 0 saturated heterocycles. The monoisotopic (exact) mass is 348 g/mol. The lowest BCUT2D eigenvalue weighted by Crippen LogP contribution is -2.30. The third-order valence-corrected chi connectivity index (χ3v) is 4.31. The number of benzene rings is 1. The van der Waals surface area contributed by atoms with Crippen LogP contribution in [0.15, 0.2) is 59.5 Å². The van der Waals surface area contributed by atoms with Crippen LogP contribution in [0, 0.1) is 6.92 Å². The van der Waals surface area contributed by atoms with Gasteiger partial charge in [0.05, 0.1) is 23.7 Å². The van der Waals surface area contributed by atoms with Crippen LogP contribution < -0.4 is 10.5 Å². The number of hydrogen-bond donors (Lipinski definition) is 2. The minimum atomic E-state index is -0.144. The molecule has 3 aromatic heterocycles. The number of pyridine rings is 1. The van der Waals surface area contributed by atoms with E-state index in [9.17, 15) is 0 Å². The van der Waals surface area contributed by atoms with E-state index < -0.39 is 0 Å². The van der Waals surface area contributed by atoms with Gasteiger partial charge in [-0.25, -0.2) is 0 Å². The van der Waals surface area contributed by atoms with Crippen molar-refractivity contribution in [3.63, 3.8) is 0 Å². The van der Waals surface area contributed by atoms with Crippen molar-refractivity contribution < 1.29 is 9.15 Å². The summed E-state index contributed by atoms with van der Waals surface area (Å²) in [4.78, 5) is 4.30. The Bertz CT molecular complexity index is 1010. The number of aromatic amines is 1. The van der Waals surface area contributed by atoms with Crippen LogP contribution in [-0.2, 0) is 6.42 Å². The first-order valence-electron chi connectivity index (χ1n) is 8.50. The van der Waals surface area contributed by atoms with E-state index in [1.54, 1.807) is 12.5 Å². The second-order valence-electron chi connectivity index (χ2n) is 6.33. The molecule has 0 spiro atoms. The number of H-pyrrole nitrogens is 1. The van der Waals surface area contributed by atoms with E-state index in [0.717, 1.165) is 33.5 Å². The highest BCUT2D eigenvalue weighted by molar-refractivity contribution is 5.86. The fraction of sp³-hybridized carbons (Fsp3) is 0.200. The molecule has 4 rings (SSSR count). The van der Waals surface area contributed by atoms with Crippen molar-refractivity contribution in [1.82, 2.24) is 15.2 Å². The number of fused-ring (bicyclic) bond motifs is 1. The summed E-state index contributed by atoms with van der Waals surface area (Å²) in [6.45, 7) is 2.38. The molecule has 3 N–H and O–H groups in total. The van der Waals surface area contributed by atoms with Crippen LogP contribution in [0.5, 0.6) is 5.75 Å². The number of ether oxygens (including phenoxy) is 1. The predicted molar refractivity (Wildman–Crippen MR) is 99.9 cm³/mol. The van der Waals surface area contributed by atoms with Gasteiger partial charge in [0.1, 0.15) is 18.1 Å². The maximum Gasteiger partial charge on any atom is 0.138 e. The van der Waals surface area contributed by atoms with Gasteiger partial charge in [-0.05, 0) is 42.8 Å². The molecule has 0 bridgehead atoms. The van der Waals surface area contributed by atoms with E-state index in [4.69, 9.17) is 14.9 Å². The highest BCUT2D eigenvalue weighted by Gasteiger charge is 2.09. The maximum atomic E-state index is 6.11. The van der Waals surface area contributed by atoms with Gasteiger partial charge < -0.3 is 14.9 Å².